The number of rotatable bonds is 9. The Balaban J connectivity index is 1.95. The van der Waals surface area contributed by atoms with Crippen LogP contribution in [0.5, 0.6) is 17.2 Å². The molecule has 7 heteroatoms. The lowest BCUT2D eigenvalue weighted by Gasteiger charge is -2.13. The molecule has 0 saturated heterocycles. The maximum Gasteiger partial charge on any atom is 0.331 e. The van der Waals surface area contributed by atoms with Crippen molar-refractivity contribution in [2.24, 2.45) is 0 Å². The van der Waals surface area contributed by atoms with Gasteiger partial charge in [-0.1, -0.05) is 30.3 Å². The van der Waals surface area contributed by atoms with Crippen LogP contribution >= 0.6 is 0 Å². The Morgan fingerprint density at radius 3 is 2.17 bits per heavy atom. The summed E-state index contributed by atoms with van der Waals surface area (Å²) in [6, 6.07) is 12.9. The highest BCUT2D eigenvalue weighted by atomic mass is 16.5. The maximum absolute atomic E-state index is 12.1. The average Bonchev–Trinajstić information content (AvgIpc) is 2.75. The molecule has 154 valence electrons. The van der Waals surface area contributed by atoms with Gasteiger partial charge in [-0.3, -0.25) is 4.79 Å². The first-order valence-corrected chi connectivity index (χ1v) is 8.98. The van der Waals surface area contributed by atoms with Crippen molar-refractivity contribution in [3.8, 4) is 17.2 Å². The van der Waals surface area contributed by atoms with Crippen LogP contribution in [0.3, 0.4) is 0 Å². The first kappa shape index (κ1) is 21.8. The van der Waals surface area contributed by atoms with Crippen molar-refractivity contribution in [1.82, 2.24) is 5.32 Å². The molecule has 7 nitrogen and oxygen atoms in total. The molecule has 1 atom stereocenters. The Bertz CT molecular complexity index is 838. The van der Waals surface area contributed by atoms with E-state index in [-0.39, 0.29) is 5.91 Å². The Kier molecular flexibility index (Phi) is 8.09. The normalized spacial score (nSPS) is 11.6. The Morgan fingerprint density at radius 1 is 1.00 bits per heavy atom. The Labute approximate surface area is 170 Å². The fourth-order valence-corrected chi connectivity index (χ4v) is 2.56. The van der Waals surface area contributed by atoms with Gasteiger partial charge in [0.2, 0.25) is 5.75 Å². The van der Waals surface area contributed by atoms with Crippen LogP contribution in [0.1, 0.15) is 18.1 Å². The molecule has 2 rings (SSSR count). The number of amides is 1. The van der Waals surface area contributed by atoms with Gasteiger partial charge in [0.25, 0.3) is 5.91 Å². The van der Waals surface area contributed by atoms with Crippen molar-refractivity contribution in [3.63, 3.8) is 0 Å². The van der Waals surface area contributed by atoms with E-state index >= 15 is 0 Å². The molecular formula is C22H25NO6. The average molecular weight is 399 g/mol. The lowest BCUT2D eigenvalue weighted by atomic mass is 10.1. The summed E-state index contributed by atoms with van der Waals surface area (Å²) in [5.74, 6) is 0.380. The first-order chi connectivity index (χ1) is 14.0. The molecule has 0 fully saturated rings. The van der Waals surface area contributed by atoms with Gasteiger partial charge in [0.05, 0.1) is 21.3 Å². The van der Waals surface area contributed by atoms with Crippen LogP contribution in [0.15, 0.2) is 48.5 Å². The molecule has 0 aromatic heterocycles. The van der Waals surface area contributed by atoms with E-state index in [2.05, 4.69) is 5.32 Å². The minimum Gasteiger partial charge on any atom is -0.493 e. The number of nitrogens with one attached hydrogen (secondary N) is 1. The van der Waals surface area contributed by atoms with Crippen molar-refractivity contribution in [1.29, 1.82) is 0 Å². The van der Waals surface area contributed by atoms with Crippen LogP contribution in [-0.4, -0.2) is 39.3 Å². The summed E-state index contributed by atoms with van der Waals surface area (Å²) < 4.78 is 21.0. The second-order valence-corrected chi connectivity index (χ2v) is 6.07. The third-order valence-corrected chi connectivity index (χ3v) is 4.07. The zero-order valence-electron chi connectivity index (χ0n) is 16.9. The smallest absolute Gasteiger partial charge is 0.331 e. The standard InChI is InChI=1S/C22H25NO6/c1-15(22(25)23-14-16-8-6-5-7-9-16)29-20(24)11-10-17-12-18(26-2)21(28-4)19(13-17)27-3/h5-13,15H,14H2,1-4H3,(H,23,25)/b11-10+/t15-/m1/s1. The molecular weight excluding hydrogens is 374 g/mol. The lowest BCUT2D eigenvalue weighted by Crippen LogP contribution is -2.35. The van der Waals surface area contributed by atoms with E-state index in [1.807, 2.05) is 30.3 Å². The van der Waals surface area contributed by atoms with Crippen LogP contribution in [0.4, 0.5) is 0 Å². The fourth-order valence-electron chi connectivity index (χ4n) is 2.56. The Hall–Kier alpha value is -3.48. The van der Waals surface area contributed by atoms with Gasteiger partial charge < -0.3 is 24.3 Å². The molecule has 0 aliphatic heterocycles. The summed E-state index contributed by atoms with van der Waals surface area (Å²) in [5.41, 5.74) is 1.61. The van der Waals surface area contributed by atoms with E-state index in [1.165, 1.54) is 34.3 Å². The molecule has 0 saturated carbocycles. The maximum atomic E-state index is 12.1. The third-order valence-electron chi connectivity index (χ3n) is 4.07. The van der Waals surface area contributed by atoms with Gasteiger partial charge in [0.1, 0.15) is 0 Å². The van der Waals surface area contributed by atoms with Crippen LogP contribution in [0.2, 0.25) is 0 Å². The summed E-state index contributed by atoms with van der Waals surface area (Å²) in [5, 5.41) is 2.73. The highest BCUT2D eigenvalue weighted by Crippen LogP contribution is 2.38. The van der Waals surface area contributed by atoms with Gasteiger partial charge in [0.15, 0.2) is 17.6 Å². The summed E-state index contributed by atoms with van der Waals surface area (Å²) in [6.45, 7) is 1.88. The molecule has 0 unspecified atom stereocenters. The topological polar surface area (TPSA) is 83.1 Å². The van der Waals surface area contributed by atoms with Crippen molar-refractivity contribution in [3.05, 3.63) is 59.7 Å². The van der Waals surface area contributed by atoms with E-state index in [0.29, 0.717) is 29.4 Å². The van der Waals surface area contributed by atoms with E-state index < -0.39 is 12.1 Å². The predicted octanol–water partition coefficient (Wildman–Crippen LogP) is 2.97. The largest absolute Gasteiger partial charge is 0.493 e. The number of hydrogen-bond acceptors (Lipinski definition) is 6. The molecule has 0 aliphatic rings. The van der Waals surface area contributed by atoms with Gasteiger partial charge in [-0.15, -0.1) is 0 Å². The molecule has 0 spiro atoms. The summed E-state index contributed by atoms with van der Waals surface area (Å²) in [7, 11) is 4.53. The highest BCUT2D eigenvalue weighted by Gasteiger charge is 2.16. The molecule has 0 bridgehead atoms. The van der Waals surface area contributed by atoms with Crippen LogP contribution in [0.25, 0.3) is 6.08 Å². The van der Waals surface area contributed by atoms with E-state index in [0.717, 1.165) is 5.56 Å². The van der Waals surface area contributed by atoms with Gasteiger partial charge in [0, 0.05) is 12.6 Å². The number of hydrogen-bond donors (Lipinski definition) is 1. The summed E-state index contributed by atoms with van der Waals surface area (Å²) >= 11 is 0. The lowest BCUT2D eigenvalue weighted by molar-refractivity contribution is -0.150. The zero-order chi connectivity index (χ0) is 21.2. The molecule has 29 heavy (non-hydrogen) atoms. The van der Waals surface area contributed by atoms with Crippen LogP contribution in [-0.2, 0) is 20.9 Å². The molecule has 1 N–H and O–H groups in total. The highest BCUT2D eigenvalue weighted by molar-refractivity contribution is 5.90. The minimum atomic E-state index is -0.921. The van der Waals surface area contributed by atoms with Crippen molar-refractivity contribution in [2.45, 2.75) is 19.6 Å². The molecule has 0 heterocycles. The number of carbonyl (C=O) groups is 2. The van der Waals surface area contributed by atoms with E-state index in [4.69, 9.17) is 18.9 Å². The second-order valence-electron chi connectivity index (χ2n) is 6.07. The minimum absolute atomic E-state index is 0.364. The molecule has 1 amide bonds. The van der Waals surface area contributed by atoms with E-state index in [9.17, 15) is 9.59 Å². The monoisotopic (exact) mass is 399 g/mol. The number of benzene rings is 2. The SMILES string of the molecule is COc1cc(/C=C/C(=O)O[C@H](C)C(=O)NCc2ccccc2)cc(OC)c1OC. The molecule has 0 radical (unpaired) electrons. The number of esters is 1. The molecule has 0 aliphatic carbocycles. The Morgan fingerprint density at radius 2 is 1.62 bits per heavy atom. The van der Waals surface area contributed by atoms with Crippen molar-refractivity contribution >= 4 is 18.0 Å². The predicted molar refractivity (Wildman–Crippen MR) is 109 cm³/mol. The summed E-state index contributed by atoms with van der Waals surface area (Å²) in [4.78, 5) is 24.2. The van der Waals surface area contributed by atoms with Crippen molar-refractivity contribution in [2.75, 3.05) is 21.3 Å². The molecule has 2 aromatic carbocycles. The number of carbonyl (C=O) groups excluding carboxylic acids is 2. The summed E-state index contributed by atoms with van der Waals surface area (Å²) in [6.07, 6.45) is 1.86. The second kappa shape index (κ2) is 10.8. The van der Waals surface area contributed by atoms with Gasteiger partial charge >= 0.3 is 5.97 Å². The number of methoxy groups -OCH3 is 3. The van der Waals surface area contributed by atoms with Crippen LogP contribution in [0, 0.1) is 0 Å². The van der Waals surface area contributed by atoms with Gasteiger partial charge in [-0.2, -0.15) is 0 Å². The quantitative estimate of drug-likeness (QED) is 0.516. The third kappa shape index (κ3) is 6.27. The first-order valence-electron chi connectivity index (χ1n) is 8.98. The molecule has 2 aromatic rings. The van der Waals surface area contributed by atoms with E-state index in [1.54, 1.807) is 18.2 Å². The van der Waals surface area contributed by atoms with Gasteiger partial charge in [-0.25, -0.2) is 4.79 Å². The van der Waals surface area contributed by atoms with Crippen LogP contribution < -0.4 is 19.5 Å². The number of ether oxygens (including phenoxy) is 4. The van der Waals surface area contributed by atoms with Gasteiger partial charge in [-0.05, 0) is 36.3 Å². The van der Waals surface area contributed by atoms with Crippen molar-refractivity contribution < 1.29 is 28.5 Å². The fraction of sp³-hybridized carbons (Fsp3) is 0.273. The zero-order valence-corrected chi connectivity index (χ0v) is 16.9.